The van der Waals surface area contributed by atoms with E-state index in [0.29, 0.717) is 17.4 Å². The van der Waals surface area contributed by atoms with Gasteiger partial charge in [0.25, 0.3) is 0 Å². The van der Waals surface area contributed by atoms with Gasteiger partial charge in [-0.2, -0.15) is 0 Å². The van der Waals surface area contributed by atoms with Crippen LogP contribution in [0, 0.1) is 23.2 Å². The van der Waals surface area contributed by atoms with Crippen LogP contribution in [0.4, 0.5) is 0 Å². The first kappa shape index (κ1) is 20.2. The molecule has 4 atom stereocenters. The lowest BCUT2D eigenvalue weighted by molar-refractivity contribution is -0.112. The Hall–Kier alpha value is -1.39. The molecule has 2 aromatic rings. The number of likely N-dealkylation sites (tertiary alicyclic amines) is 1. The molecule has 3 saturated carbocycles. The number of hydrogen-bond acceptors (Lipinski definition) is 3. The Bertz CT molecular complexity index is 914. The van der Waals surface area contributed by atoms with Crippen LogP contribution in [-0.2, 0) is 0 Å². The highest BCUT2D eigenvalue weighted by Gasteiger charge is 2.54. The molecule has 5 fully saturated rings. The average molecular weight is 421 g/mol. The van der Waals surface area contributed by atoms with Gasteiger partial charge in [0.1, 0.15) is 5.82 Å². The van der Waals surface area contributed by atoms with Crippen LogP contribution in [0.2, 0.25) is 0 Å². The number of para-hydroxylation sites is 2. The predicted molar refractivity (Wildman–Crippen MR) is 127 cm³/mol. The number of rotatable bonds is 4. The van der Waals surface area contributed by atoms with E-state index in [2.05, 4.69) is 52.9 Å². The average Bonchev–Trinajstić information content (AvgIpc) is 3.20. The Balaban J connectivity index is 1.17. The molecule has 5 aliphatic rings. The van der Waals surface area contributed by atoms with E-state index in [-0.39, 0.29) is 0 Å². The largest absolute Gasteiger partial charge is 0.324 e. The molecule has 2 aliphatic heterocycles. The maximum atomic E-state index is 5.16. The first-order valence-corrected chi connectivity index (χ1v) is 13.0. The third-order valence-electron chi connectivity index (χ3n) is 9.70. The van der Waals surface area contributed by atoms with Gasteiger partial charge in [0.2, 0.25) is 0 Å². The van der Waals surface area contributed by atoms with Crippen molar-refractivity contribution in [3.8, 4) is 0 Å². The Kier molecular flexibility index (Phi) is 5.14. The molecule has 2 bridgehead atoms. The lowest BCUT2D eigenvalue weighted by atomic mass is 9.45. The molecule has 1 aromatic heterocycles. The smallest absolute Gasteiger partial charge is 0.114 e. The molecule has 3 heterocycles. The van der Waals surface area contributed by atoms with Crippen molar-refractivity contribution < 1.29 is 0 Å². The van der Waals surface area contributed by atoms with E-state index >= 15 is 0 Å². The van der Waals surface area contributed by atoms with Crippen LogP contribution in [0.15, 0.2) is 24.3 Å². The second-order valence-corrected chi connectivity index (χ2v) is 11.6. The summed E-state index contributed by atoms with van der Waals surface area (Å²) in [4.78, 5) is 7.97. The molecule has 0 unspecified atom stereocenters. The molecule has 4 heteroatoms. The summed E-state index contributed by atoms with van der Waals surface area (Å²) < 4.78 is 2.66. The molecule has 168 valence electrons. The Morgan fingerprint density at radius 1 is 1.06 bits per heavy atom. The summed E-state index contributed by atoms with van der Waals surface area (Å²) in [6, 6.07) is 9.44. The van der Waals surface area contributed by atoms with Gasteiger partial charge in [-0.15, -0.1) is 0 Å². The van der Waals surface area contributed by atoms with E-state index in [1.54, 1.807) is 0 Å². The quantitative estimate of drug-likeness (QED) is 0.737. The summed E-state index contributed by atoms with van der Waals surface area (Å²) in [6.07, 6.45) is 9.55. The van der Waals surface area contributed by atoms with Crippen molar-refractivity contribution in [2.75, 3.05) is 32.7 Å². The van der Waals surface area contributed by atoms with E-state index in [9.17, 15) is 0 Å². The van der Waals surface area contributed by atoms with Gasteiger partial charge >= 0.3 is 0 Å². The minimum absolute atomic E-state index is 0.565. The third kappa shape index (κ3) is 3.45. The number of aromatic nitrogens is 2. The minimum atomic E-state index is 0.565. The molecule has 4 nitrogen and oxygen atoms in total. The zero-order chi connectivity index (χ0) is 21.0. The van der Waals surface area contributed by atoms with Crippen LogP contribution in [0.1, 0.15) is 76.6 Å². The third-order valence-corrected chi connectivity index (χ3v) is 9.70. The van der Waals surface area contributed by atoms with Crippen molar-refractivity contribution >= 4 is 11.0 Å². The molecular formula is C27H40N4. The number of imidazole rings is 1. The molecule has 0 spiro atoms. The Morgan fingerprint density at radius 3 is 2.65 bits per heavy atom. The van der Waals surface area contributed by atoms with E-state index in [1.807, 2.05) is 0 Å². The summed E-state index contributed by atoms with van der Waals surface area (Å²) in [7, 11) is 0. The molecule has 1 aromatic carbocycles. The molecular weight excluding hydrogens is 380 g/mol. The summed E-state index contributed by atoms with van der Waals surface area (Å²) in [5.41, 5.74) is 3.16. The van der Waals surface area contributed by atoms with Gasteiger partial charge in [-0.25, -0.2) is 4.98 Å². The molecule has 1 N–H and O–H groups in total. The monoisotopic (exact) mass is 420 g/mol. The van der Waals surface area contributed by atoms with Gasteiger partial charge in [0.15, 0.2) is 0 Å². The molecule has 2 saturated heterocycles. The maximum absolute atomic E-state index is 5.16. The lowest BCUT2D eigenvalue weighted by Crippen LogP contribution is -2.55. The van der Waals surface area contributed by atoms with Crippen LogP contribution in [-0.4, -0.2) is 47.2 Å². The number of piperidine rings is 2. The van der Waals surface area contributed by atoms with Crippen molar-refractivity contribution in [2.45, 2.75) is 70.8 Å². The highest BCUT2D eigenvalue weighted by molar-refractivity contribution is 5.76. The highest BCUT2D eigenvalue weighted by atomic mass is 15.2. The number of nitrogens with one attached hydrogen (secondary N) is 1. The fraction of sp³-hybridized carbons (Fsp3) is 0.741. The molecule has 7 rings (SSSR count). The van der Waals surface area contributed by atoms with E-state index in [0.717, 1.165) is 30.8 Å². The fourth-order valence-corrected chi connectivity index (χ4v) is 7.68. The Morgan fingerprint density at radius 2 is 1.90 bits per heavy atom. The van der Waals surface area contributed by atoms with E-state index in [1.165, 1.54) is 81.4 Å². The number of benzene rings is 1. The minimum Gasteiger partial charge on any atom is -0.324 e. The van der Waals surface area contributed by atoms with Crippen LogP contribution in [0.3, 0.4) is 0 Å². The van der Waals surface area contributed by atoms with Crippen molar-refractivity contribution in [2.24, 2.45) is 23.2 Å². The SMILES string of the molecule is CC1(C)[C@H]2CC[C@@H](CN3CCC(n4c([C@H]5CCCNC5)nc5ccccc54)CC3)[C@@H]1C2. The predicted octanol–water partition coefficient (Wildman–Crippen LogP) is 5.21. The van der Waals surface area contributed by atoms with Crippen LogP contribution < -0.4 is 5.32 Å². The zero-order valence-electron chi connectivity index (χ0n) is 19.5. The summed E-state index contributed by atoms with van der Waals surface area (Å²) in [5, 5.41) is 3.61. The second-order valence-electron chi connectivity index (χ2n) is 11.6. The van der Waals surface area contributed by atoms with Crippen molar-refractivity contribution in [3.63, 3.8) is 0 Å². The normalized spacial score (nSPS) is 34.0. The summed E-state index contributed by atoms with van der Waals surface area (Å²) in [5.74, 6) is 4.85. The second kappa shape index (κ2) is 7.88. The molecule has 0 radical (unpaired) electrons. The van der Waals surface area contributed by atoms with Crippen molar-refractivity contribution in [3.05, 3.63) is 30.1 Å². The summed E-state index contributed by atoms with van der Waals surface area (Å²) in [6.45, 7) is 11.2. The van der Waals surface area contributed by atoms with Gasteiger partial charge in [-0.3, -0.25) is 0 Å². The first-order chi connectivity index (χ1) is 15.1. The molecule has 31 heavy (non-hydrogen) atoms. The van der Waals surface area contributed by atoms with Crippen LogP contribution >= 0.6 is 0 Å². The Labute approximate surface area is 187 Å². The summed E-state index contributed by atoms with van der Waals surface area (Å²) >= 11 is 0. The topological polar surface area (TPSA) is 33.1 Å². The highest BCUT2D eigenvalue weighted by Crippen LogP contribution is 2.61. The molecule has 0 amide bonds. The van der Waals surface area contributed by atoms with Gasteiger partial charge < -0.3 is 14.8 Å². The van der Waals surface area contributed by atoms with Gasteiger partial charge in [-0.05, 0) is 86.8 Å². The lowest BCUT2D eigenvalue weighted by Gasteiger charge is -2.61. The van der Waals surface area contributed by atoms with Crippen molar-refractivity contribution in [1.82, 2.24) is 19.8 Å². The first-order valence-electron chi connectivity index (χ1n) is 13.0. The zero-order valence-corrected chi connectivity index (χ0v) is 19.5. The van der Waals surface area contributed by atoms with Crippen LogP contribution in [0.25, 0.3) is 11.0 Å². The van der Waals surface area contributed by atoms with Gasteiger partial charge in [-0.1, -0.05) is 26.0 Å². The van der Waals surface area contributed by atoms with Crippen LogP contribution in [0.5, 0.6) is 0 Å². The maximum Gasteiger partial charge on any atom is 0.114 e. The number of fused-ring (bicyclic) bond motifs is 3. The van der Waals surface area contributed by atoms with Gasteiger partial charge in [0.05, 0.1) is 11.0 Å². The van der Waals surface area contributed by atoms with Crippen molar-refractivity contribution in [1.29, 1.82) is 0 Å². The van der Waals surface area contributed by atoms with E-state index in [4.69, 9.17) is 4.98 Å². The van der Waals surface area contributed by atoms with Gasteiger partial charge in [0, 0.05) is 38.1 Å². The van der Waals surface area contributed by atoms with E-state index < -0.39 is 0 Å². The standard InChI is InChI=1S/C27H40N4/c1-27(2)21-10-9-20(23(27)16-21)18-30-14-11-22(12-15-30)31-25-8-4-3-7-24(25)29-26(31)19-6-5-13-28-17-19/h3-4,7-8,19-23,28H,5-6,9-18H2,1-2H3/t19-,20-,21-,23-/m0/s1. The fourth-order valence-electron chi connectivity index (χ4n) is 7.68. The number of hydrogen-bond donors (Lipinski definition) is 1. The molecule has 3 aliphatic carbocycles. The number of nitrogens with zero attached hydrogens (tertiary/aromatic N) is 3.